The average Bonchev–Trinajstić information content (AvgIpc) is 2.24. The number of nitriles is 1. The Kier molecular flexibility index (Phi) is 4.30. The van der Waals surface area contributed by atoms with E-state index in [1.54, 1.807) is 0 Å². The molecule has 1 aliphatic heterocycles. The van der Waals surface area contributed by atoms with Gasteiger partial charge >= 0.3 is 5.97 Å². The van der Waals surface area contributed by atoms with Crippen LogP contribution in [-0.2, 0) is 9.59 Å². The Hall–Kier alpha value is -1.61. The number of carboxylic acid groups (broad SMARTS) is 1. The van der Waals surface area contributed by atoms with Crippen LogP contribution in [0.25, 0.3) is 0 Å². The van der Waals surface area contributed by atoms with Crippen LogP contribution in [0.3, 0.4) is 0 Å². The van der Waals surface area contributed by atoms with Crippen LogP contribution in [0.4, 0.5) is 0 Å². The zero-order chi connectivity index (χ0) is 13.9. The Labute approximate surface area is 110 Å². The summed E-state index contributed by atoms with van der Waals surface area (Å²) in [6.45, 7) is 5.71. The van der Waals surface area contributed by atoms with Gasteiger partial charge in [0.1, 0.15) is 5.92 Å². The van der Waals surface area contributed by atoms with Crippen molar-refractivity contribution in [3.05, 3.63) is 11.6 Å². The highest BCUT2D eigenvalue weighted by Gasteiger charge is 2.33. The molecule has 5 nitrogen and oxygen atoms in total. The van der Waals surface area contributed by atoms with Crippen LogP contribution in [0.1, 0.15) is 20.8 Å². The number of amides is 1. The van der Waals surface area contributed by atoms with Gasteiger partial charge in [-0.2, -0.15) is 5.26 Å². The predicted octanol–water partition coefficient (Wildman–Crippen LogP) is 1.86. The van der Waals surface area contributed by atoms with E-state index in [0.717, 1.165) is 11.8 Å². The van der Waals surface area contributed by atoms with Gasteiger partial charge in [0.15, 0.2) is 0 Å². The van der Waals surface area contributed by atoms with Gasteiger partial charge in [0, 0.05) is 6.08 Å². The second-order valence-electron chi connectivity index (χ2n) is 4.88. The Morgan fingerprint density at radius 2 is 2.22 bits per heavy atom. The molecule has 1 rings (SSSR count). The first-order chi connectivity index (χ1) is 8.25. The molecule has 1 amide bonds. The molecule has 0 bridgehead atoms. The maximum atomic E-state index is 11.5. The summed E-state index contributed by atoms with van der Waals surface area (Å²) in [5.74, 6) is -2.27. The fourth-order valence-electron chi connectivity index (χ4n) is 1.58. The molecule has 0 radical (unpaired) electrons. The maximum absolute atomic E-state index is 11.5. The number of allylic oxidation sites excluding steroid dienone is 1. The van der Waals surface area contributed by atoms with Crippen molar-refractivity contribution in [3.8, 4) is 6.07 Å². The van der Waals surface area contributed by atoms with Gasteiger partial charge in [-0.3, -0.25) is 9.59 Å². The molecular weight excluding hydrogens is 252 g/mol. The molecule has 1 N–H and O–H groups in total. The van der Waals surface area contributed by atoms with Crippen molar-refractivity contribution in [2.24, 2.45) is 16.3 Å². The summed E-state index contributed by atoms with van der Waals surface area (Å²) in [6.07, 6.45) is 1.37. The van der Waals surface area contributed by atoms with E-state index in [4.69, 9.17) is 5.11 Å². The SMILES string of the molecule is CC(C)(C)C1=CC(=O)N=C(SCC(=O)O)C1C#N. The summed E-state index contributed by atoms with van der Waals surface area (Å²) in [7, 11) is 0. The molecule has 0 saturated carbocycles. The number of carboxylic acids is 1. The highest BCUT2D eigenvalue weighted by molar-refractivity contribution is 8.14. The lowest BCUT2D eigenvalue weighted by molar-refractivity contribution is -0.133. The van der Waals surface area contributed by atoms with Gasteiger partial charge < -0.3 is 5.11 Å². The second kappa shape index (κ2) is 5.36. The molecule has 6 heteroatoms. The van der Waals surface area contributed by atoms with Crippen molar-refractivity contribution in [1.82, 2.24) is 0 Å². The topological polar surface area (TPSA) is 90.5 Å². The molecule has 0 saturated heterocycles. The molecular formula is C12H14N2O3S. The highest BCUT2D eigenvalue weighted by Crippen LogP contribution is 2.36. The third-order valence-electron chi connectivity index (χ3n) is 2.40. The van der Waals surface area contributed by atoms with Gasteiger partial charge in [0.2, 0.25) is 0 Å². The average molecular weight is 266 g/mol. The Bertz CT molecular complexity index is 481. The normalized spacial score (nSPS) is 19.9. The first-order valence-corrected chi connectivity index (χ1v) is 6.33. The van der Waals surface area contributed by atoms with E-state index in [9.17, 15) is 14.9 Å². The van der Waals surface area contributed by atoms with E-state index in [-0.39, 0.29) is 16.2 Å². The van der Waals surface area contributed by atoms with Crippen molar-refractivity contribution >= 4 is 28.7 Å². The van der Waals surface area contributed by atoms with E-state index >= 15 is 0 Å². The van der Waals surface area contributed by atoms with Gasteiger partial charge in [0.25, 0.3) is 5.91 Å². The minimum atomic E-state index is -1.00. The fraction of sp³-hybridized carbons (Fsp3) is 0.500. The number of carbonyl (C=O) groups excluding carboxylic acids is 1. The van der Waals surface area contributed by atoms with Gasteiger partial charge in [-0.25, -0.2) is 4.99 Å². The summed E-state index contributed by atoms with van der Waals surface area (Å²) < 4.78 is 0. The molecule has 0 aromatic carbocycles. The van der Waals surface area contributed by atoms with Crippen LogP contribution >= 0.6 is 11.8 Å². The van der Waals surface area contributed by atoms with Crippen LogP contribution in [0, 0.1) is 22.7 Å². The number of carbonyl (C=O) groups is 2. The van der Waals surface area contributed by atoms with Gasteiger partial charge in [-0.1, -0.05) is 32.5 Å². The minimum Gasteiger partial charge on any atom is -0.481 e. The van der Waals surface area contributed by atoms with Crippen LogP contribution in [0.15, 0.2) is 16.6 Å². The molecule has 1 atom stereocenters. The van der Waals surface area contributed by atoms with Crippen molar-refractivity contribution in [2.45, 2.75) is 20.8 Å². The van der Waals surface area contributed by atoms with Gasteiger partial charge in [-0.15, -0.1) is 0 Å². The number of aliphatic carboxylic acids is 1. The van der Waals surface area contributed by atoms with Crippen LogP contribution in [-0.4, -0.2) is 27.8 Å². The number of nitrogens with zero attached hydrogens (tertiary/aromatic N) is 2. The lowest BCUT2D eigenvalue weighted by Crippen LogP contribution is -2.27. The standard InChI is InChI=1S/C12H14N2O3S/c1-12(2,3)8-4-9(15)14-11(7(8)5-13)18-6-10(16)17/h4,7H,6H2,1-3H3,(H,16,17). The number of aliphatic imine (C=N–C) groups is 1. The zero-order valence-corrected chi connectivity index (χ0v) is 11.2. The second-order valence-corrected chi connectivity index (χ2v) is 5.88. The molecule has 0 aliphatic carbocycles. The largest absolute Gasteiger partial charge is 0.481 e. The molecule has 0 fully saturated rings. The van der Waals surface area contributed by atoms with E-state index in [2.05, 4.69) is 11.1 Å². The zero-order valence-electron chi connectivity index (χ0n) is 10.4. The van der Waals surface area contributed by atoms with Crippen LogP contribution in [0.5, 0.6) is 0 Å². The molecule has 96 valence electrons. The third-order valence-corrected chi connectivity index (χ3v) is 3.41. The van der Waals surface area contributed by atoms with Gasteiger partial charge in [0.05, 0.1) is 16.9 Å². The smallest absolute Gasteiger partial charge is 0.313 e. The Morgan fingerprint density at radius 1 is 1.61 bits per heavy atom. The van der Waals surface area contributed by atoms with E-state index in [1.165, 1.54) is 6.08 Å². The lowest BCUT2D eigenvalue weighted by atomic mass is 9.78. The summed E-state index contributed by atoms with van der Waals surface area (Å²) in [5, 5.41) is 18.1. The first kappa shape index (κ1) is 14.5. The summed E-state index contributed by atoms with van der Waals surface area (Å²) >= 11 is 0.928. The van der Waals surface area contributed by atoms with Crippen molar-refractivity contribution in [3.63, 3.8) is 0 Å². The van der Waals surface area contributed by atoms with E-state index in [0.29, 0.717) is 5.57 Å². The molecule has 0 spiro atoms. The third kappa shape index (κ3) is 3.44. The van der Waals surface area contributed by atoms with E-state index in [1.807, 2.05) is 20.8 Å². The number of thioether (sulfide) groups is 1. The summed E-state index contributed by atoms with van der Waals surface area (Å²) in [6, 6.07) is 2.09. The monoisotopic (exact) mass is 266 g/mol. The number of rotatable bonds is 2. The van der Waals surface area contributed by atoms with Crippen LogP contribution in [0.2, 0.25) is 0 Å². The maximum Gasteiger partial charge on any atom is 0.313 e. The van der Waals surface area contributed by atoms with Gasteiger partial charge in [-0.05, 0) is 11.0 Å². The quantitative estimate of drug-likeness (QED) is 0.823. The minimum absolute atomic E-state index is 0.207. The Balaban J connectivity index is 3.03. The lowest BCUT2D eigenvalue weighted by Gasteiger charge is -2.28. The number of hydrogen-bond acceptors (Lipinski definition) is 4. The number of hydrogen-bond donors (Lipinski definition) is 1. The van der Waals surface area contributed by atoms with Crippen molar-refractivity contribution < 1.29 is 14.7 Å². The van der Waals surface area contributed by atoms with Crippen molar-refractivity contribution in [1.29, 1.82) is 5.26 Å². The molecule has 1 aliphatic rings. The molecule has 18 heavy (non-hydrogen) atoms. The van der Waals surface area contributed by atoms with E-state index < -0.39 is 17.8 Å². The highest BCUT2D eigenvalue weighted by atomic mass is 32.2. The predicted molar refractivity (Wildman–Crippen MR) is 69.2 cm³/mol. The van der Waals surface area contributed by atoms with Crippen molar-refractivity contribution in [2.75, 3.05) is 5.75 Å². The molecule has 0 aromatic rings. The number of dihydropyridines is 1. The molecule has 1 heterocycles. The summed E-state index contributed by atoms with van der Waals surface area (Å²) in [4.78, 5) is 25.8. The fourth-order valence-corrected chi connectivity index (χ4v) is 2.35. The van der Waals surface area contributed by atoms with Crippen LogP contribution < -0.4 is 0 Å². The molecule has 0 aromatic heterocycles. The molecule has 1 unspecified atom stereocenters. The first-order valence-electron chi connectivity index (χ1n) is 5.34. The summed E-state index contributed by atoms with van der Waals surface area (Å²) in [5.41, 5.74) is 0.346. The Morgan fingerprint density at radius 3 is 2.67 bits per heavy atom.